The van der Waals surface area contributed by atoms with Crippen LogP contribution in [0.25, 0.3) is 11.0 Å². The van der Waals surface area contributed by atoms with Crippen LogP contribution in [0, 0.1) is 10.1 Å². The molecule has 0 spiro atoms. The number of nitro groups is 1. The van der Waals surface area contributed by atoms with Gasteiger partial charge >= 0.3 is 0 Å². The normalized spacial score (nSPS) is 13.9. The van der Waals surface area contributed by atoms with Gasteiger partial charge in [0.1, 0.15) is 5.82 Å². The summed E-state index contributed by atoms with van der Waals surface area (Å²) < 4.78 is 7.23. The summed E-state index contributed by atoms with van der Waals surface area (Å²) in [6, 6.07) is 5.66. The molecular weight excluding hydrogens is 446 g/mol. The Hall–Kier alpha value is -3.25. The van der Waals surface area contributed by atoms with E-state index in [1.54, 1.807) is 28.7 Å². The summed E-state index contributed by atoms with van der Waals surface area (Å²) in [7, 11) is 0. The van der Waals surface area contributed by atoms with Gasteiger partial charge in [-0.3, -0.25) is 14.9 Å². The van der Waals surface area contributed by atoms with Crippen LogP contribution in [0.2, 0.25) is 0 Å². The van der Waals surface area contributed by atoms with Gasteiger partial charge in [-0.25, -0.2) is 14.6 Å². The summed E-state index contributed by atoms with van der Waals surface area (Å²) in [6.45, 7) is 5.64. The number of nitrogens with zero attached hydrogens (tertiary/aromatic N) is 6. The predicted octanol–water partition coefficient (Wildman–Crippen LogP) is 2.50. The number of amides is 1. The van der Waals surface area contributed by atoms with Gasteiger partial charge in [0.05, 0.1) is 36.3 Å². The van der Waals surface area contributed by atoms with Crippen molar-refractivity contribution in [2.45, 2.75) is 25.0 Å². The summed E-state index contributed by atoms with van der Waals surface area (Å²) >= 11 is 1.61. The highest BCUT2D eigenvalue weighted by atomic mass is 32.2. The molecule has 33 heavy (non-hydrogen) atoms. The van der Waals surface area contributed by atoms with Gasteiger partial charge in [-0.05, 0) is 12.5 Å². The monoisotopic (exact) mass is 471 g/mol. The number of morpholine rings is 1. The molecule has 1 fully saturated rings. The third-order valence-corrected chi connectivity index (χ3v) is 6.18. The van der Waals surface area contributed by atoms with Crippen molar-refractivity contribution in [2.75, 3.05) is 43.5 Å². The molecule has 1 aromatic carbocycles. The van der Waals surface area contributed by atoms with Crippen LogP contribution in [0.1, 0.15) is 23.7 Å². The zero-order valence-electron chi connectivity index (χ0n) is 18.3. The number of carbonyl (C=O) groups excluding carboxylic acids is 1. The molecule has 0 saturated carbocycles. The molecule has 1 saturated heterocycles. The summed E-state index contributed by atoms with van der Waals surface area (Å²) in [5.41, 5.74) is 0.838. The Morgan fingerprint density at radius 2 is 2.12 bits per heavy atom. The van der Waals surface area contributed by atoms with E-state index in [9.17, 15) is 14.9 Å². The van der Waals surface area contributed by atoms with Gasteiger partial charge in [0.25, 0.3) is 11.6 Å². The van der Waals surface area contributed by atoms with Crippen LogP contribution in [0.4, 0.5) is 11.5 Å². The lowest BCUT2D eigenvalue weighted by Crippen LogP contribution is -2.37. The van der Waals surface area contributed by atoms with Crippen molar-refractivity contribution in [1.82, 2.24) is 25.1 Å². The molecule has 0 aliphatic carbocycles. The van der Waals surface area contributed by atoms with Crippen LogP contribution in [0.3, 0.4) is 0 Å². The molecule has 1 amide bonds. The Morgan fingerprint density at radius 1 is 1.30 bits per heavy atom. The van der Waals surface area contributed by atoms with Crippen molar-refractivity contribution in [3.05, 3.63) is 46.1 Å². The lowest BCUT2D eigenvalue weighted by molar-refractivity contribution is -0.384. The van der Waals surface area contributed by atoms with E-state index < -0.39 is 4.92 Å². The van der Waals surface area contributed by atoms with Crippen molar-refractivity contribution in [3.63, 3.8) is 0 Å². The minimum atomic E-state index is -0.521. The van der Waals surface area contributed by atoms with Gasteiger partial charge in [-0.2, -0.15) is 5.10 Å². The Balaban J connectivity index is 1.51. The Morgan fingerprint density at radius 3 is 2.88 bits per heavy atom. The molecule has 0 bridgehead atoms. The predicted molar refractivity (Wildman–Crippen MR) is 125 cm³/mol. The number of non-ortho nitro benzene ring substituents is 1. The zero-order chi connectivity index (χ0) is 23.2. The second-order valence-electron chi connectivity index (χ2n) is 7.45. The molecule has 3 aromatic rings. The third kappa shape index (κ3) is 5.40. The second-order valence-corrected chi connectivity index (χ2v) is 8.51. The first-order valence-corrected chi connectivity index (χ1v) is 11.8. The Bertz CT molecular complexity index is 1150. The molecule has 1 aliphatic rings. The molecule has 0 atom stereocenters. The van der Waals surface area contributed by atoms with E-state index in [1.807, 2.05) is 0 Å². The first kappa shape index (κ1) is 22.9. The maximum Gasteiger partial charge on any atom is 0.270 e. The van der Waals surface area contributed by atoms with Gasteiger partial charge < -0.3 is 15.0 Å². The molecule has 0 unspecified atom stereocenters. The van der Waals surface area contributed by atoms with Gasteiger partial charge in [-0.1, -0.05) is 24.8 Å². The minimum Gasteiger partial charge on any atom is -0.378 e. The van der Waals surface area contributed by atoms with Crippen molar-refractivity contribution in [2.24, 2.45) is 0 Å². The van der Waals surface area contributed by atoms with Gasteiger partial charge in [0.2, 0.25) is 0 Å². The number of anilines is 1. The molecular formula is C21H25N7O4S. The zero-order valence-corrected chi connectivity index (χ0v) is 19.1. The number of nitrogens with one attached hydrogen (secondary N) is 1. The number of fused-ring (bicyclic) bond motifs is 1. The molecule has 0 radical (unpaired) electrons. The topological polar surface area (TPSA) is 128 Å². The van der Waals surface area contributed by atoms with Gasteiger partial charge in [0, 0.05) is 43.1 Å². The molecule has 1 N–H and O–H groups in total. The van der Waals surface area contributed by atoms with E-state index in [2.05, 4.69) is 22.2 Å². The number of thioether (sulfide) groups is 1. The standard InChI is InChI=1S/C21H25N7O4S/c1-2-12-33-21-24-18(26-8-10-32-11-9-26)17-14-23-27(19(17)25-21)7-6-22-20(29)15-4-3-5-16(13-15)28(30)31/h3-5,13-14H,2,6-12H2,1H3,(H,22,29). The van der Waals surface area contributed by atoms with E-state index in [4.69, 9.17) is 14.7 Å². The third-order valence-electron chi connectivity index (χ3n) is 5.13. The highest BCUT2D eigenvalue weighted by Crippen LogP contribution is 2.28. The van der Waals surface area contributed by atoms with Crippen LogP contribution in [0.15, 0.2) is 35.6 Å². The summed E-state index contributed by atoms with van der Waals surface area (Å²) in [4.78, 5) is 34.6. The van der Waals surface area contributed by atoms with Crippen molar-refractivity contribution in [1.29, 1.82) is 0 Å². The first-order valence-electron chi connectivity index (χ1n) is 10.8. The van der Waals surface area contributed by atoms with Crippen LogP contribution in [-0.2, 0) is 11.3 Å². The van der Waals surface area contributed by atoms with E-state index in [-0.39, 0.29) is 17.2 Å². The number of benzene rings is 1. The number of rotatable bonds is 9. The van der Waals surface area contributed by atoms with Crippen LogP contribution >= 0.6 is 11.8 Å². The molecule has 2 aromatic heterocycles. The first-order chi connectivity index (χ1) is 16.1. The van der Waals surface area contributed by atoms with Crippen molar-refractivity contribution in [3.8, 4) is 0 Å². The van der Waals surface area contributed by atoms with Gasteiger partial charge in [-0.15, -0.1) is 0 Å². The van der Waals surface area contributed by atoms with E-state index >= 15 is 0 Å². The average Bonchev–Trinajstić information content (AvgIpc) is 3.25. The second kappa shape index (κ2) is 10.6. The fourth-order valence-electron chi connectivity index (χ4n) is 3.50. The van der Waals surface area contributed by atoms with E-state index in [0.29, 0.717) is 31.5 Å². The van der Waals surface area contributed by atoms with E-state index in [1.165, 1.54) is 18.2 Å². The number of ether oxygens (including phenoxy) is 1. The molecule has 3 heterocycles. The highest BCUT2D eigenvalue weighted by Gasteiger charge is 2.20. The smallest absolute Gasteiger partial charge is 0.270 e. The maximum absolute atomic E-state index is 12.4. The fraction of sp³-hybridized carbons (Fsp3) is 0.429. The van der Waals surface area contributed by atoms with Crippen molar-refractivity contribution < 1.29 is 14.5 Å². The largest absolute Gasteiger partial charge is 0.378 e. The quantitative estimate of drug-likeness (QED) is 0.217. The van der Waals surface area contributed by atoms with Crippen LogP contribution in [0.5, 0.6) is 0 Å². The maximum atomic E-state index is 12.4. The molecule has 1 aliphatic heterocycles. The molecule has 11 nitrogen and oxygen atoms in total. The van der Waals surface area contributed by atoms with Gasteiger partial charge in [0.15, 0.2) is 10.8 Å². The number of nitro benzene ring substituents is 1. The van der Waals surface area contributed by atoms with E-state index in [0.717, 1.165) is 42.1 Å². The SMILES string of the molecule is CCCSc1nc(N2CCOCC2)c2cnn(CCNC(=O)c3cccc([N+](=O)[O-])c3)c2n1. The number of hydrogen-bond donors (Lipinski definition) is 1. The van der Waals surface area contributed by atoms with Crippen molar-refractivity contribution >= 4 is 40.2 Å². The highest BCUT2D eigenvalue weighted by molar-refractivity contribution is 7.99. The molecule has 4 rings (SSSR count). The molecule has 12 heteroatoms. The van der Waals surface area contributed by atoms with Crippen LogP contribution < -0.4 is 10.2 Å². The van der Waals surface area contributed by atoms with Crippen LogP contribution in [-0.4, -0.2) is 69.2 Å². The number of carbonyl (C=O) groups is 1. The summed E-state index contributed by atoms with van der Waals surface area (Å²) in [5, 5.41) is 19.8. The lowest BCUT2D eigenvalue weighted by Gasteiger charge is -2.28. The minimum absolute atomic E-state index is 0.120. The lowest BCUT2D eigenvalue weighted by atomic mass is 10.2. The molecule has 174 valence electrons. The Labute approximate surface area is 194 Å². The Kier molecular flexibility index (Phi) is 7.35. The number of aromatic nitrogens is 4. The summed E-state index contributed by atoms with van der Waals surface area (Å²) in [5.74, 6) is 1.40. The summed E-state index contributed by atoms with van der Waals surface area (Å²) in [6.07, 6.45) is 2.78. The average molecular weight is 472 g/mol. The number of hydrogen-bond acceptors (Lipinski definition) is 9. The fourth-order valence-corrected chi connectivity index (χ4v) is 4.19.